The standard InChI is InChI=1S/C12H15BrN4/c1-9(11-5-3-4-6-12(11)13)14-7-10-8-15-16-17(10)2/h3-6,8-9,14H,7H2,1-2H3/t9-/m0/s1. The Bertz CT molecular complexity index is 495. The second kappa shape index (κ2) is 5.42. The van der Waals surface area contributed by atoms with Gasteiger partial charge in [-0.05, 0) is 18.6 Å². The van der Waals surface area contributed by atoms with Gasteiger partial charge in [0, 0.05) is 24.1 Å². The zero-order valence-electron chi connectivity index (χ0n) is 9.89. The predicted octanol–water partition coefficient (Wildman–Crippen LogP) is 2.43. The van der Waals surface area contributed by atoms with Gasteiger partial charge in [0.2, 0.25) is 0 Å². The third-order valence-corrected chi connectivity index (χ3v) is 3.49. The minimum absolute atomic E-state index is 0.278. The quantitative estimate of drug-likeness (QED) is 0.942. The average molecular weight is 295 g/mol. The molecule has 90 valence electrons. The molecule has 5 heteroatoms. The van der Waals surface area contributed by atoms with Crippen LogP contribution in [-0.2, 0) is 13.6 Å². The van der Waals surface area contributed by atoms with Gasteiger partial charge >= 0.3 is 0 Å². The smallest absolute Gasteiger partial charge is 0.0738 e. The van der Waals surface area contributed by atoms with Crippen molar-refractivity contribution in [3.63, 3.8) is 0 Å². The van der Waals surface area contributed by atoms with E-state index < -0.39 is 0 Å². The fourth-order valence-electron chi connectivity index (χ4n) is 1.66. The lowest BCUT2D eigenvalue weighted by atomic mass is 10.1. The highest BCUT2D eigenvalue weighted by Gasteiger charge is 2.09. The fourth-order valence-corrected chi connectivity index (χ4v) is 2.29. The van der Waals surface area contributed by atoms with Gasteiger partial charge in [0.1, 0.15) is 0 Å². The van der Waals surface area contributed by atoms with Crippen LogP contribution in [0.1, 0.15) is 24.2 Å². The lowest BCUT2D eigenvalue weighted by Gasteiger charge is -2.15. The second-order valence-electron chi connectivity index (χ2n) is 3.97. The Morgan fingerprint density at radius 1 is 1.41 bits per heavy atom. The summed E-state index contributed by atoms with van der Waals surface area (Å²) in [5.41, 5.74) is 2.33. The molecule has 1 N–H and O–H groups in total. The van der Waals surface area contributed by atoms with E-state index in [1.165, 1.54) is 5.56 Å². The molecule has 0 saturated heterocycles. The summed E-state index contributed by atoms with van der Waals surface area (Å²) in [5.74, 6) is 0. The summed E-state index contributed by atoms with van der Waals surface area (Å²) in [6, 6.07) is 8.51. The SMILES string of the molecule is C[C@H](NCc1cnnn1C)c1ccccc1Br. The summed E-state index contributed by atoms with van der Waals surface area (Å²) in [6.07, 6.45) is 1.78. The minimum Gasteiger partial charge on any atom is -0.304 e. The van der Waals surface area contributed by atoms with E-state index in [9.17, 15) is 0 Å². The summed E-state index contributed by atoms with van der Waals surface area (Å²) in [4.78, 5) is 0. The fraction of sp³-hybridized carbons (Fsp3) is 0.333. The van der Waals surface area contributed by atoms with Crippen molar-refractivity contribution in [2.45, 2.75) is 19.5 Å². The Hall–Kier alpha value is -1.20. The maximum atomic E-state index is 3.90. The molecule has 0 unspecified atom stereocenters. The third kappa shape index (κ3) is 2.92. The van der Waals surface area contributed by atoms with Crippen molar-refractivity contribution in [1.82, 2.24) is 20.3 Å². The number of hydrogen-bond donors (Lipinski definition) is 1. The summed E-state index contributed by atoms with van der Waals surface area (Å²) in [6.45, 7) is 2.90. The highest BCUT2D eigenvalue weighted by atomic mass is 79.9. The molecule has 1 aromatic carbocycles. The lowest BCUT2D eigenvalue weighted by molar-refractivity contribution is 0.545. The molecule has 2 rings (SSSR count). The van der Waals surface area contributed by atoms with Gasteiger partial charge in [-0.15, -0.1) is 5.10 Å². The van der Waals surface area contributed by atoms with Gasteiger partial charge in [0.15, 0.2) is 0 Å². The van der Waals surface area contributed by atoms with Gasteiger partial charge in [-0.3, -0.25) is 4.68 Å². The molecule has 0 amide bonds. The van der Waals surface area contributed by atoms with Crippen LogP contribution in [0.4, 0.5) is 0 Å². The largest absolute Gasteiger partial charge is 0.304 e. The van der Waals surface area contributed by atoms with Gasteiger partial charge in [0.25, 0.3) is 0 Å². The molecule has 0 aliphatic heterocycles. The Kier molecular flexibility index (Phi) is 3.91. The normalized spacial score (nSPS) is 12.6. The van der Waals surface area contributed by atoms with Crippen LogP contribution in [0.15, 0.2) is 34.9 Å². The topological polar surface area (TPSA) is 42.7 Å². The first kappa shape index (κ1) is 12.3. The van der Waals surface area contributed by atoms with E-state index in [-0.39, 0.29) is 6.04 Å². The maximum absolute atomic E-state index is 3.90. The first-order valence-electron chi connectivity index (χ1n) is 5.50. The number of benzene rings is 1. The van der Waals surface area contributed by atoms with E-state index in [1.807, 2.05) is 19.2 Å². The summed E-state index contributed by atoms with van der Waals surface area (Å²) < 4.78 is 2.91. The van der Waals surface area contributed by atoms with Crippen LogP contribution in [-0.4, -0.2) is 15.0 Å². The molecule has 2 aromatic rings. The third-order valence-electron chi connectivity index (χ3n) is 2.77. The van der Waals surface area contributed by atoms with Crippen molar-refractivity contribution < 1.29 is 0 Å². The van der Waals surface area contributed by atoms with E-state index in [0.29, 0.717) is 0 Å². The van der Waals surface area contributed by atoms with Crippen LogP contribution in [0.5, 0.6) is 0 Å². The predicted molar refractivity (Wildman–Crippen MR) is 70.4 cm³/mol. The van der Waals surface area contributed by atoms with Crippen LogP contribution in [0.25, 0.3) is 0 Å². The summed E-state index contributed by atoms with van der Waals surface area (Å²) >= 11 is 3.56. The van der Waals surface area contributed by atoms with Crippen molar-refractivity contribution in [3.05, 3.63) is 46.2 Å². The van der Waals surface area contributed by atoms with Gasteiger partial charge in [-0.2, -0.15) is 0 Å². The highest BCUT2D eigenvalue weighted by molar-refractivity contribution is 9.10. The van der Waals surface area contributed by atoms with E-state index >= 15 is 0 Å². The number of halogens is 1. The summed E-state index contributed by atoms with van der Waals surface area (Å²) in [5, 5.41) is 11.2. The van der Waals surface area contributed by atoms with Crippen LogP contribution in [0, 0.1) is 0 Å². The Morgan fingerprint density at radius 3 is 2.82 bits per heavy atom. The van der Waals surface area contributed by atoms with Gasteiger partial charge < -0.3 is 5.32 Å². The van der Waals surface area contributed by atoms with Crippen molar-refractivity contribution in [2.75, 3.05) is 0 Å². The molecule has 1 atom stereocenters. The zero-order chi connectivity index (χ0) is 12.3. The molecule has 17 heavy (non-hydrogen) atoms. The molecule has 1 heterocycles. The van der Waals surface area contributed by atoms with Gasteiger partial charge in [0.05, 0.1) is 11.9 Å². The Balaban J connectivity index is 2.01. The van der Waals surface area contributed by atoms with Crippen LogP contribution in [0.2, 0.25) is 0 Å². The molecule has 0 fully saturated rings. The number of nitrogens with one attached hydrogen (secondary N) is 1. The number of hydrogen-bond acceptors (Lipinski definition) is 3. The van der Waals surface area contributed by atoms with Crippen LogP contribution in [0.3, 0.4) is 0 Å². The maximum Gasteiger partial charge on any atom is 0.0738 e. The van der Waals surface area contributed by atoms with E-state index in [0.717, 1.165) is 16.7 Å². The molecule has 0 saturated carbocycles. The monoisotopic (exact) mass is 294 g/mol. The molecule has 0 radical (unpaired) electrons. The molecule has 1 aromatic heterocycles. The molecule has 4 nitrogen and oxygen atoms in total. The highest BCUT2D eigenvalue weighted by Crippen LogP contribution is 2.22. The summed E-state index contributed by atoms with van der Waals surface area (Å²) in [7, 11) is 1.90. The van der Waals surface area contributed by atoms with E-state index in [4.69, 9.17) is 0 Å². The average Bonchev–Trinajstić information content (AvgIpc) is 2.72. The Labute approximate surface area is 109 Å². The van der Waals surface area contributed by atoms with Crippen molar-refractivity contribution in [3.8, 4) is 0 Å². The number of nitrogens with zero attached hydrogens (tertiary/aromatic N) is 3. The molecular formula is C12H15BrN4. The van der Waals surface area contributed by atoms with Gasteiger partial charge in [-0.1, -0.05) is 39.3 Å². The van der Waals surface area contributed by atoms with Crippen molar-refractivity contribution in [1.29, 1.82) is 0 Å². The lowest BCUT2D eigenvalue weighted by Crippen LogP contribution is -2.20. The second-order valence-corrected chi connectivity index (χ2v) is 4.83. The first-order chi connectivity index (χ1) is 8.18. The van der Waals surface area contributed by atoms with Gasteiger partial charge in [-0.25, -0.2) is 0 Å². The number of aromatic nitrogens is 3. The molecule has 0 bridgehead atoms. The van der Waals surface area contributed by atoms with Crippen molar-refractivity contribution in [2.24, 2.45) is 7.05 Å². The minimum atomic E-state index is 0.278. The molecular weight excluding hydrogens is 280 g/mol. The van der Waals surface area contributed by atoms with Crippen LogP contribution < -0.4 is 5.32 Å². The number of rotatable bonds is 4. The van der Waals surface area contributed by atoms with Crippen molar-refractivity contribution >= 4 is 15.9 Å². The van der Waals surface area contributed by atoms with E-state index in [1.54, 1.807) is 10.9 Å². The Morgan fingerprint density at radius 2 is 2.18 bits per heavy atom. The first-order valence-corrected chi connectivity index (χ1v) is 6.29. The number of aryl methyl sites for hydroxylation is 1. The zero-order valence-corrected chi connectivity index (χ0v) is 11.5. The molecule has 0 aliphatic carbocycles. The van der Waals surface area contributed by atoms with Crippen LogP contribution >= 0.6 is 15.9 Å². The van der Waals surface area contributed by atoms with E-state index in [2.05, 4.69) is 50.6 Å². The molecule has 0 aliphatic rings. The molecule has 0 spiro atoms.